The van der Waals surface area contributed by atoms with Crippen LogP contribution in [0.4, 0.5) is 0 Å². The van der Waals surface area contributed by atoms with Crippen LogP contribution in [0.2, 0.25) is 0 Å². The highest BCUT2D eigenvalue weighted by Gasteiger charge is 2.29. The lowest BCUT2D eigenvalue weighted by molar-refractivity contribution is 0.0505. The summed E-state index contributed by atoms with van der Waals surface area (Å²) in [4.78, 5) is 13.2. The van der Waals surface area contributed by atoms with Crippen LogP contribution >= 0.6 is 11.8 Å². The molecule has 3 rings (SSSR count). The molecular weight excluding hydrogens is 356 g/mol. The fourth-order valence-electron chi connectivity index (χ4n) is 2.76. The number of hydrogen-bond donors (Lipinski definition) is 0. The van der Waals surface area contributed by atoms with Gasteiger partial charge in [-0.05, 0) is 24.1 Å². The first-order chi connectivity index (χ1) is 12.0. The van der Waals surface area contributed by atoms with Crippen molar-refractivity contribution in [3.63, 3.8) is 0 Å². The number of rotatable bonds is 6. The van der Waals surface area contributed by atoms with Gasteiger partial charge in [0, 0.05) is 16.6 Å². The molecule has 2 aromatic carbocycles. The second-order valence-electron chi connectivity index (χ2n) is 6.01. The van der Waals surface area contributed by atoms with Crippen LogP contribution in [0.5, 0.6) is 0 Å². The van der Waals surface area contributed by atoms with Gasteiger partial charge in [0.2, 0.25) is 0 Å². The lowest BCUT2D eigenvalue weighted by Crippen LogP contribution is -2.11. The van der Waals surface area contributed by atoms with Gasteiger partial charge < -0.3 is 4.74 Å². The molecule has 0 unspecified atom stereocenters. The van der Waals surface area contributed by atoms with E-state index in [1.807, 2.05) is 42.5 Å². The summed E-state index contributed by atoms with van der Waals surface area (Å²) >= 11 is 1.46. The Morgan fingerprint density at radius 2 is 1.80 bits per heavy atom. The molecule has 1 fully saturated rings. The normalized spacial score (nSPS) is 18.8. The summed E-state index contributed by atoms with van der Waals surface area (Å²) in [5.41, 5.74) is 1.62. The van der Waals surface area contributed by atoms with Gasteiger partial charge in [0.15, 0.2) is 9.84 Å². The summed E-state index contributed by atoms with van der Waals surface area (Å²) in [5, 5.41) is 0.00303. The number of carbonyl (C=O) groups is 1. The van der Waals surface area contributed by atoms with E-state index in [1.54, 1.807) is 12.1 Å². The van der Waals surface area contributed by atoms with E-state index in [1.165, 1.54) is 11.8 Å². The fourth-order valence-corrected chi connectivity index (χ4v) is 6.37. The van der Waals surface area contributed by atoms with Gasteiger partial charge in [-0.1, -0.05) is 42.5 Å². The number of sulfone groups is 1. The van der Waals surface area contributed by atoms with E-state index in [2.05, 4.69) is 0 Å². The Bertz CT molecular complexity index is 832. The first-order valence-electron chi connectivity index (χ1n) is 8.21. The molecular formula is C19H20O4S2. The highest BCUT2D eigenvalue weighted by atomic mass is 32.2. The largest absolute Gasteiger partial charge is 0.462 e. The quantitative estimate of drug-likeness (QED) is 0.724. The van der Waals surface area contributed by atoms with Crippen LogP contribution in [-0.4, -0.2) is 37.7 Å². The molecule has 1 heterocycles. The van der Waals surface area contributed by atoms with E-state index in [-0.39, 0.29) is 22.7 Å². The molecule has 1 saturated heterocycles. The topological polar surface area (TPSA) is 60.4 Å². The summed E-state index contributed by atoms with van der Waals surface area (Å²) in [5.74, 6) is 0.0449. The second kappa shape index (κ2) is 8.06. The molecule has 0 radical (unpaired) electrons. The maximum absolute atomic E-state index is 12.4. The molecule has 0 spiro atoms. The van der Waals surface area contributed by atoms with Crippen LogP contribution in [0.25, 0.3) is 0 Å². The Hall–Kier alpha value is -1.79. The number of ether oxygens (including phenoxy) is 1. The van der Waals surface area contributed by atoms with Crippen molar-refractivity contribution in [2.24, 2.45) is 0 Å². The third-order valence-electron chi connectivity index (χ3n) is 4.06. The standard InChI is InChI=1S/C19H20O4S2/c20-19(23-12-10-15-6-2-1-3-7-15)17-8-4-5-9-18(17)24-16-11-13-25(21,22)14-16/h1-9,16H,10-14H2/t16-/m0/s1. The first-order valence-corrected chi connectivity index (χ1v) is 10.9. The number of benzene rings is 2. The molecule has 1 atom stereocenters. The third-order valence-corrected chi connectivity index (χ3v) is 7.38. The SMILES string of the molecule is O=C(OCCc1ccccc1)c1ccccc1S[C@H]1CCS(=O)(=O)C1. The van der Waals surface area contributed by atoms with Crippen LogP contribution in [-0.2, 0) is 21.0 Å². The Balaban J connectivity index is 1.61. The molecule has 0 N–H and O–H groups in total. The van der Waals surface area contributed by atoms with Gasteiger partial charge in [-0.15, -0.1) is 11.8 Å². The van der Waals surface area contributed by atoms with E-state index in [9.17, 15) is 13.2 Å². The van der Waals surface area contributed by atoms with Crippen molar-refractivity contribution in [2.75, 3.05) is 18.1 Å². The van der Waals surface area contributed by atoms with E-state index in [0.29, 0.717) is 25.0 Å². The van der Waals surface area contributed by atoms with Crippen LogP contribution in [0.1, 0.15) is 22.3 Å². The summed E-state index contributed by atoms with van der Waals surface area (Å²) in [6.07, 6.45) is 1.30. The van der Waals surface area contributed by atoms with Gasteiger partial charge in [-0.3, -0.25) is 0 Å². The van der Waals surface area contributed by atoms with Crippen molar-refractivity contribution in [3.05, 3.63) is 65.7 Å². The Labute approximate surface area is 152 Å². The molecule has 4 nitrogen and oxygen atoms in total. The van der Waals surface area contributed by atoms with Gasteiger partial charge in [0.1, 0.15) is 0 Å². The molecule has 0 bridgehead atoms. The Morgan fingerprint density at radius 3 is 2.52 bits per heavy atom. The minimum Gasteiger partial charge on any atom is -0.462 e. The van der Waals surface area contributed by atoms with Gasteiger partial charge in [-0.2, -0.15) is 0 Å². The van der Waals surface area contributed by atoms with Crippen molar-refractivity contribution in [3.8, 4) is 0 Å². The van der Waals surface area contributed by atoms with E-state index >= 15 is 0 Å². The third kappa shape index (κ3) is 5.09. The van der Waals surface area contributed by atoms with E-state index in [4.69, 9.17) is 4.74 Å². The highest BCUT2D eigenvalue weighted by molar-refractivity contribution is 8.02. The Kier molecular flexibility index (Phi) is 5.81. The maximum Gasteiger partial charge on any atom is 0.339 e. The van der Waals surface area contributed by atoms with Crippen LogP contribution in [0.3, 0.4) is 0 Å². The average Bonchev–Trinajstić information content (AvgIpc) is 2.95. The van der Waals surface area contributed by atoms with Crippen LogP contribution in [0.15, 0.2) is 59.5 Å². The molecule has 0 saturated carbocycles. The fraction of sp³-hybridized carbons (Fsp3) is 0.316. The highest BCUT2D eigenvalue weighted by Crippen LogP contribution is 2.33. The van der Waals surface area contributed by atoms with Crippen molar-refractivity contribution in [1.29, 1.82) is 0 Å². The molecule has 1 aliphatic heterocycles. The summed E-state index contributed by atoms with van der Waals surface area (Å²) in [6.45, 7) is 0.319. The molecule has 1 aliphatic rings. The number of hydrogen-bond acceptors (Lipinski definition) is 5. The predicted octanol–water partition coefficient (Wildman–Crippen LogP) is 3.37. The minimum absolute atomic E-state index is 0.00303. The maximum atomic E-state index is 12.4. The van der Waals surface area contributed by atoms with Crippen LogP contribution in [0, 0.1) is 0 Å². The molecule has 0 aliphatic carbocycles. The smallest absolute Gasteiger partial charge is 0.339 e. The van der Waals surface area contributed by atoms with Gasteiger partial charge >= 0.3 is 5.97 Å². The minimum atomic E-state index is -2.93. The number of esters is 1. The van der Waals surface area contributed by atoms with Gasteiger partial charge in [0.25, 0.3) is 0 Å². The zero-order valence-electron chi connectivity index (χ0n) is 13.8. The summed E-state index contributed by atoms with van der Waals surface area (Å²) in [7, 11) is -2.93. The second-order valence-corrected chi connectivity index (χ2v) is 9.58. The number of thioether (sulfide) groups is 1. The molecule has 2 aromatic rings. The van der Waals surface area contributed by atoms with Crippen molar-refractivity contribution >= 4 is 27.6 Å². The molecule has 25 heavy (non-hydrogen) atoms. The monoisotopic (exact) mass is 376 g/mol. The Morgan fingerprint density at radius 1 is 1.08 bits per heavy atom. The van der Waals surface area contributed by atoms with Crippen LogP contribution < -0.4 is 0 Å². The van der Waals surface area contributed by atoms with Crippen molar-refractivity contribution < 1.29 is 17.9 Å². The average molecular weight is 376 g/mol. The van der Waals surface area contributed by atoms with E-state index in [0.717, 1.165) is 10.5 Å². The predicted molar refractivity (Wildman–Crippen MR) is 99.8 cm³/mol. The molecule has 132 valence electrons. The summed E-state index contributed by atoms with van der Waals surface area (Å²) < 4.78 is 28.6. The zero-order valence-corrected chi connectivity index (χ0v) is 15.4. The first kappa shape index (κ1) is 18.0. The summed E-state index contributed by atoms with van der Waals surface area (Å²) in [6, 6.07) is 17.1. The lowest BCUT2D eigenvalue weighted by atomic mass is 10.2. The van der Waals surface area contributed by atoms with Gasteiger partial charge in [-0.25, -0.2) is 13.2 Å². The molecule has 6 heteroatoms. The van der Waals surface area contributed by atoms with Crippen molar-refractivity contribution in [2.45, 2.75) is 23.0 Å². The zero-order chi connectivity index (χ0) is 17.7. The molecule has 0 aromatic heterocycles. The number of carbonyl (C=O) groups excluding carboxylic acids is 1. The van der Waals surface area contributed by atoms with Gasteiger partial charge in [0.05, 0.1) is 23.7 Å². The lowest BCUT2D eigenvalue weighted by Gasteiger charge is -2.12. The van der Waals surface area contributed by atoms with Crippen molar-refractivity contribution in [1.82, 2.24) is 0 Å². The van der Waals surface area contributed by atoms with E-state index < -0.39 is 9.84 Å². The molecule has 0 amide bonds.